The minimum atomic E-state index is -0.718. The van der Waals surface area contributed by atoms with Gasteiger partial charge in [-0.2, -0.15) is 10.4 Å². The zero-order chi connectivity index (χ0) is 26.4. The summed E-state index contributed by atoms with van der Waals surface area (Å²) in [6.07, 6.45) is 1.82. The molecule has 3 heterocycles. The number of halogens is 3. The second-order valence-corrected chi connectivity index (χ2v) is 9.49. The van der Waals surface area contributed by atoms with Gasteiger partial charge in [-0.15, -0.1) is 0 Å². The molecule has 0 saturated carbocycles. The van der Waals surface area contributed by atoms with Crippen LogP contribution in [0.15, 0.2) is 30.3 Å². The van der Waals surface area contributed by atoms with E-state index >= 15 is 4.39 Å². The Morgan fingerprint density at radius 1 is 1.24 bits per heavy atom. The highest BCUT2D eigenvalue weighted by molar-refractivity contribution is 6.34. The fourth-order valence-electron chi connectivity index (χ4n) is 4.85. The number of likely N-dealkylation sites (tertiary alicyclic amines) is 1. The van der Waals surface area contributed by atoms with Crippen LogP contribution in [0, 0.1) is 29.9 Å². The number of piperidine rings is 1. The zero-order valence-electron chi connectivity index (χ0n) is 20.5. The lowest BCUT2D eigenvalue weighted by Crippen LogP contribution is -2.47. The number of nitrogens with one attached hydrogen (secondary N) is 1. The summed E-state index contributed by atoms with van der Waals surface area (Å²) in [5.41, 5.74) is 1.35. The van der Waals surface area contributed by atoms with Gasteiger partial charge in [0.1, 0.15) is 34.1 Å². The Labute approximate surface area is 217 Å². The Morgan fingerprint density at radius 2 is 2.03 bits per heavy atom. The summed E-state index contributed by atoms with van der Waals surface area (Å²) in [7, 11) is 3.48. The Balaban J connectivity index is 1.71. The monoisotopic (exact) mass is 523 g/mol. The molecule has 2 aromatic heterocycles. The van der Waals surface area contributed by atoms with Crippen molar-refractivity contribution in [3.05, 3.63) is 64.1 Å². The molecule has 190 valence electrons. The maximum atomic E-state index is 15.1. The van der Waals surface area contributed by atoms with Crippen molar-refractivity contribution in [3.8, 4) is 23.1 Å². The van der Waals surface area contributed by atoms with Gasteiger partial charge in [0, 0.05) is 43.2 Å². The van der Waals surface area contributed by atoms with Crippen molar-refractivity contribution in [2.24, 2.45) is 7.05 Å². The van der Waals surface area contributed by atoms with Crippen molar-refractivity contribution in [1.29, 1.82) is 5.26 Å². The number of aryl methyl sites for hydroxylation is 1. The van der Waals surface area contributed by atoms with Gasteiger partial charge in [-0.25, -0.2) is 13.8 Å². The van der Waals surface area contributed by atoms with E-state index in [1.807, 2.05) is 7.05 Å². The van der Waals surface area contributed by atoms with Gasteiger partial charge in [-0.05, 0) is 51.1 Å². The van der Waals surface area contributed by atoms with Crippen LogP contribution in [0.3, 0.4) is 0 Å². The Bertz CT molecular complexity index is 1590. The van der Waals surface area contributed by atoms with Crippen molar-refractivity contribution in [2.75, 3.05) is 20.1 Å². The number of amides is 1. The quantitative estimate of drug-likeness (QED) is 0.429. The predicted octanol–water partition coefficient (Wildman–Crippen LogP) is 4.36. The van der Waals surface area contributed by atoms with Crippen LogP contribution in [0.2, 0.25) is 5.15 Å². The molecule has 1 N–H and O–H groups in total. The molecule has 11 heteroatoms. The summed E-state index contributed by atoms with van der Waals surface area (Å²) in [5.74, 6) is -1.33. The van der Waals surface area contributed by atoms with Gasteiger partial charge in [0.05, 0.1) is 16.9 Å². The smallest absolute Gasteiger partial charge is 0.274 e. The molecular formula is C26H24ClF2N7O. The average Bonchev–Trinajstić information content (AvgIpc) is 3.39. The molecule has 2 aromatic carbocycles. The number of likely N-dealkylation sites (N-methyl/N-ethyl adjacent to an activating group) is 1. The van der Waals surface area contributed by atoms with Crippen LogP contribution in [0.25, 0.3) is 28.0 Å². The molecule has 0 spiro atoms. The van der Waals surface area contributed by atoms with E-state index in [1.165, 1.54) is 22.9 Å². The lowest BCUT2D eigenvalue weighted by molar-refractivity contribution is 0.0692. The number of hydrogen-bond acceptors (Lipinski definition) is 5. The second kappa shape index (κ2) is 9.57. The summed E-state index contributed by atoms with van der Waals surface area (Å²) in [4.78, 5) is 20.0. The molecule has 0 radical (unpaired) electrons. The van der Waals surface area contributed by atoms with Gasteiger partial charge in [0.25, 0.3) is 5.91 Å². The molecule has 0 bridgehead atoms. The number of carbonyl (C=O) groups excluding carboxylic acids is 1. The molecule has 1 aliphatic heterocycles. The summed E-state index contributed by atoms with van der Waals surface area (Å²) in [6, 6.07) is 9.03. The van der Waals surface area contributed by atoms with Crippen molar-refractivity contribution >= 4 is 28.4 Å². The summed E-state index contributed by atoms with van der Waals surface area (Å²) < 4.78 is 32.7. The number of rotatable bonds is 4. The van der Waals surface area contributed by atoms with Gasteiger partial charge in [0.2, 0.25) is 0 Å². The maximum Gasteiger partial charge on any atom is 0.274 e. The maximum absolute atomic E-state index is 15.1. The van der Waals surface area contributed by atoms with Gasteiger partial charge >= 0.3 is 0 Å². The standard InChI is InChI=1S/C26H24ClF2N7O/c1-14-22(26(37)35-8-4-5-17(13-35)31-2)32-25(15-6-7-16(12-30)20(28)9-15)36(14)18-10-19-23(21(29)11-18)33-34(3)24(19)27/h6-7,9-11,17,31H,4-5,8,13H2,1-3H3/t17-/m0/s1. The second-order valence-electron chi connectivity index (χ2n) is 9.13. The van der Waals surface area contributed by atoms with Gasteiger partial charge in [0.15, 0.2) is 5.82 Å². The first-order chi connectivity index (χ1) is 17.7. The number of imidazole rings is 1. The molecule has 5 rings (SSSR count). The van der Waals surface area contributed by atoms with E-state index in [0.29, 0.717) is 35.4 Å². The molecule has 1 saturated heterocycles. The zero-order valence-corrected chi connectivity index (χ0v) is 21.3. The lowest BCUT2D eigenvalue weighted by atomic mass is 10.1. The van der Waals surface area contributed by atoms with Crippen LogP contribution in [0.5, 0.6) is 0 Å². The first-order valence-corrected chi connectivity index (χ1v) is 12.2. The third kappa shape index (κ3) is 4.24. The van der Waals surface area contributed by atoms with Crippen molar-refractivity contribution in [1.82, 2.24) is 29.5 Å². The lowest BCUT2D eigenvalue weighted by Gasteiger charge is -2.32. The number of hydrogen-bond donors (Lipinski definition) is 1. The van der Waals surface area contributed by atoms with E-state index in [1.54, 1.807) is 41.6 Å². The largest absolute Gasteiger partial charge is 0.336 e. The molecule has 1 aliphatic rings. The molecular weight excluding hydrogens is 500 g/mol. The first kappa shape index (κ1) is 24.9. The topological polar surface area (TPSA) is 91.8 Å². The van der Waals surface area contributed by atoms with Crippen LogP contribution >= 0.6 is 11.6 Å². The van der Waals surface area contributed by atoms with Crippen LogP contribution in [0.1, 0.15) is 34.6 Å². The molecule has 1 amide bonds. The molecule has 8 nitrogen and oxygen atoms in total. The Morgan fingerprint density at radius 3 is 2.73 bits per heavy atom. The van der Waals surface area contributed by atoms with E-state index in [9.17, 15) is 9.18 Å². The van der Waals surface area contributed by atoms with E-state index < -0.39 is 11.6 Å². The van der Waals surface area contributed by atoms with Crippen molar-refractivity contribution < 1.29 is 13.6 Å². The fraction of sp³-hybridized carbons (Fsp3) is 0.308. The number of nitrogens with zero attached hydrogens (tertiary/aromatic N) is 6. The van der Waals surface area contributed by atoms with E-state index in [0.717, 1.165) is 12.8 Å². The molecule has 0 unspecified atom stereocenters. The average molecular weight is 524 g/mol. The van der Waals surface area contributed by atoms with Gasteiger partial charge in [-0.1, -0.05) is 11.6 Å². The molecule has 1 atom stereocenters. The van der Waals surface area contributed by atoms with E-state index in [-0.39, 0.29) is 39.7 Å². The molecule has 0 aliphatic carbocycles. The number of carbonyl (C=O) groups is 1. The van der Waals surface area contributed by atoms with E-state index in [4.69, 9.17) is 16.9 Å². The highest BCUT2D eigenvalue weighted by atomic mass is 35.5. The predicted molar refractivity (Wildman–Crippen MR) is 136 cm³/mol. The SMILES string of the molecule is CN[C@H]1CCCN(C(=O)c2nc(-c3ccc(C#N)c(F)c3)n(-c3cc(F)c4nn(C)c(Cl)c4c3)c2C)C1. The number of fused-ring (bicyclic) bond motifs is 1. The van der Waals surface area contributed by atoms with Crippen LogP contribution in [0.4, 0.5) is 8.78 Å². The minimum Gasteiger partial charge on any atom is -0.336 e. The molecule has 1 fully saturated rings. The van der Waals surface area contributed by atoms with Gasteiger partial charge < -0.3 is 10.2 Å². The van der Waals surface area contributed by atoms with E-state index in [2.05, 4.69) is 15.4 Å². The minimum absolute atomic E-state index is 0.114. The van der Waals surface area contributed by atoms with Crippen LogP contribution in [-0.2, 0) is 7.05 Å². The summed E-state index contributed by atoms with van der Waals surface area (Å²) >= 11 is 6.37. The highest BCUT2D eigenvalue weighted by Gasteiger charge is 2.29. The van der Waals surface area contributed by atoms with Crippen LogP contribution < -0.4 is 5.32 Å². The Kier molecular flexibility index (Phi) is 6.43. The number of nitriles is 1. The molecule has 4 aromatic rings. The normalized spacial score (nSPS) is 15.8. The molecule has 37 heavy (non-hydrogen) atoms. The third-order valence-electron chi connectivity index (χ3n) is 6.84. The first-order valence-electron chi connectivity index (χ1n) is 11.8. The van der Waals surface area contributed by atoms with Crippen molar-refractivity contribution in [3.63, 3.8) is 0 Å². The number of aromatic nitrogens is 4. The van der Waals surface area contributed by atoms with Gasteiger partial charge in [-0.3, -0.25) is 14.0 Å². The Hall–Kier alpha value is -3.81. The van der Waals surface area contributed by atoms with Crippen molar-refractivity contribution in [2.45, 2.75) is 25.8 Å². The number of benzene rings is 2. The summed E-state index contributed by atoms with van der Waals surface area (Å²) in [6.45, 7) is 2.85. The summed E-state index contributed by atoms with van der Waals surface area (Å²) in [5, 5.41) is 17.1. The highest BCUT2D eigenvalue weighted by Crippen LogP contribution is 2.33. The van der Waals surface area contributed by atoms with Crippen LogP contribution in [-0.4, -0.2) is 56.3 Å². The fourth-order valence-corrected chi connectivity index (χ4v) is 5.03. The third-order valence-corrected chi connectivity index (χ3v) is 7.29.